The number of amides is 1. The number of nitrogens with one attached hydrogen (secondary N) is 2. The second-order valence-corrected chi connectivity index (χ2v) is 7.81. The van der Waals surface area contributed by atoms with Gasteiger partial charge in [-0.25, -0.2) is 9.97 Å². The monoisotopic (exact) mass is 491 g/mol. The Labute approximate surface area is 212 Å². The van der Waals surface area contributed by atoms with Crippen molar-refractivity contribution in [3.05, 3.63) is 59.9 Å². The Hall–Kier alpha value is -4.27. The molecule has 3 aromatic rings. The van der Waals surface area contributed by atoms with E-state index in [4.69, 9.17) is 14.2 Å². The van der Waals surface area contributed by atoms with Crippen LogP contribution in [0.2, 0.25) is 0 Å². The van der Waals surface area contributed by atoms with Crippen molar-refractivity contribution < 1.29 is 19.0 Å². The second-order valence-electron chi connectivity index (χ2n) is 7.81. The van der Waals surface area contributed by atoms with Crippen LogP contribution in [-0.4, -0.2) is 50.3 Å². The quantitative estimate of drug-likeness (QED) is 0.360. The number of aryl methyl sites for hydroxylation is 1. The van der Waals surface area contributed by atoms with Crippen molar-refractivity contribution in [2.45, 2.75) is 20.8 Å². The number of carbonyl (C=O) groups is 1. The van der Waals surface area contributed by atoms with E-state index in [9.17, 15) is 4.79 Å². The molecule has 1 amide bonds. The van der Waals surface area contributed by atoms with Gasteiger partial charge in [0.15, 0.2) is 11.5 Å². The maximum Gasteiger partial charge on any atom is 0.248 e. The first kappa shape index (κ1) is 26.3. The molecule has 0 radical (unpaired) electrons. The first-order valence-electron chi connectivity index (χ1n) is 11.7. The summed E-state index contributed by atoms with van der Waals surface area (Å²) in [5.74, 6) is 3.57. The van der Waals surface area contributed by atoms with Crippen LogP contribution in [0.4, 0.5) is 23.0 Å². The first-order chi connectivity index (χ1) is 17.4. The van der Waals surface area contributed by atoms with E-state index in [1.807, 2.05) is 37.3 Å². The minimum atomic E-state index is -0.264. The Kier molecular flexibility index (Phi) is 9.10. The fraction of sp³-hybridized carbons (Fsp3) is 0.296. The molecule has 9 heteroatoms. The third-order valence-electron chi connectivity index (χ3n) is 5.45. The second kappa shape index (κ2) is 12.4. The third kappa shape index (κ3) is 6.65. The van der Waals surface area contributed by atoms with Gasteiger partial charge in [0.1, 0.15) is 17.5 Å². The van der Waals surface area contributed by atoms with Gasteiger partial charge in [-0.3, -0.25) is 4.79 Å². The molecule has 0 aliphatic carbocycles. The predicted octanol–water partition coefficient (Wildman–Crippen LogP) is 5.05. The number of anilines is 4. The number of hydrogen-bond acceptors (Lipinski definition) is 8. The largest absolute Gasteiger partial charge is 0.493 e. The lowest BCUT2D eigenvalue weighted by Crippen LogP contribution is -2.23. The summed E-state index contributed by atoms with van der Waals surface area (Å²) in [4.78, 5) is 23.7. The summed E-state index contributed by atoms with van der Waals surface area (Å²) in [5, 5.41) is 6.17. The van der Waals surface area contributed by atoms with Crippen LogP contribution in [0.3, 0.4) is 0 Å². The summed E-state index contributed by atoms with van der Waals surface area (Å²) in [7, 11) is 4.64. The van der Waals surface area contributed by atoms with Gasteiger partial charge in [-0.15, -0.1) is 0 Å². The topological polar surface area (TPSA) is 97.8 Å². The fourth-order valence-electron chi connectivity index (χ4n) is 3.66. The molecule has 1 aromatic heterocycles. The Morgan fingerprint density at radius 3 is 2.08 bits per heavy atom. The molecule has 0 spiro atoms. The number of methoxy groups -OCH3 is 3. The van der Waals surface area contributed by atoms with Crippen LogP contribution >= 0.6 is 0 Å². The lowest BCUT2D eigenvalue weighted by atomic mass is 10.1. The number of benzene rings is 2. The zero-order chi connectivity index (χ0) is 26.1. The highest BCUT2D eigenvalue weighted by Gasteiger charge is 2.12. The molecule has 2 aromatic carbocycles. The summed E-state index contributed by atoms with van der Waals surface area (Å²) in [6.07, 6.45) is 3.13. The smallest absolute Gasteiger partial charge is 0.248 e. The van der Waals surface area contributed by atoms with Crippen LogP contribution in [0.15, 0.2) is 48.5 Å². The standard InChI is InChI=1S/C27H33N5O4/c1-7-32(8-2)25-17-24(28-18(3)29-25)30-20-10-12-21(13-11-20)31-26(33)14-9-19-15-22(34-4)27(36-6)23(16-19)35-5/h9-17H,7-8H2,1-6H3,(H,31,33)(H,28,29,30)/b14-9+. The third-order valence-corrected chi connectivity index (χ3v) is 5.45. The average molecular weight is 492 g/mol. The number of nitrogens with zero attached hydrogens (tertiary/aromatic N) is 3. The molecular weight excluding hydrogens is 458 g/mol. The molecule has 0 aliphatic rings. The van der Waals surface area contributed by atoms with E-state index >= 15 is 0 Å². The lowest BCUT2D eigenvalue weighted by molar-refractivity contribution is -0.111. The summed E-state index contributed by atoms with van der Waals surface area (Å²) in [6.45, 7) is 7.81. The SMILES string of the molecule is CCN(CC)c1cc(Nc2ccc(NC(=O)/C=C/c3cc(OC)c(OC)c(OC)c3)cc2)nc(C)n1. The average Bonchev–Trinajstić information content (AvgIpc) is 2.88. The van der Waals surface area contributed by atoms with E-state index in [0.29, 0.717) is 28.8 Å². The van der Waals surface area contributed by atoms with Crippen LogP contribution in [0.25, 0.3) is 6.08 Å². The normalized spacial score (nSPS) is 10.7. The Balaban J connectivity index is 1.66. The van der Waals surface area contributed by atoms with Gasteiger partial charge in [0.05, 0.1) is 21.3 Å². The van der Waals surface area contributed by atoms with Crippen LogP contribution in [0.5, 0.6) is 17.2 Å². The van der Waals surface area contributed by atoms with Crippen LogP contribution in [0, 0.1) is 6.92 Å². The van der Waals surface area contributed by atoms with E-state index in [-0.39, 0.29) is 5.91 Å². The van der Waals surface area contributed by atoms with Gasteiger partial charge in [-0.2, -0.15) is 0 Å². The molecule has 0 fully saturated rings. The van der Waals surface area contributed by atoms with Crippen molar-refractivity contribution in [3.63, 3.8) is 0 Å². The van der Waals surface area contributed by atoms with E-state index in [1.165, 1.54) is 6.08 Å². The maximum absolute atomic E-state index is 12.5. The molecule has 0 aliphatic heterocycles. The number of hydrogen-bond donors (Lipinski definition) is 2. The van der Waals surface area contributed by atoms with Crippen molar-refractivity contribution in [1.29, 1.82) is 0 Å². The van der Waals surface area contributed by atoms with Gasteiger partial charge >= 0.3 is 0 Å². The van der Waals surface area contributed by atoms with E-state index in [2.05, 4.69) is 39.3 Å². The van der Waals surface area contributed by atoms with Crippen molar-refractivity contribution in [3.8, 4) is 17.2 Å². The molecule has 190 valence electrons. The highest BCUT2D eigenvalue weighted by molar-refractivity contribution is 6.02. The molecule has 36 heavy (non-hydrogen) atoms. The maximum atomic E-state index is 12.5. The van der Waals surface area contributed by atoms with Crippen LogP contribution in [0.1, 0.15) is 25.2 Å². The number of rotatable bonds is 11. The fourth-order valence-corrected chi connectivity index (χ4v) is 3.66. The number of carbonyl (C=O) groups excluding carboxylic acids is 1. The first-order valence-corrected chi connectivity index (χ1v) is 11.7. The van der Waals surface area contributed by atoms with E-state index < -0.39 is 0 Å². The van der Waals surface area contributed by atoms with Gasteiger partial charge in [0, 0.05) is 36.6 Å². The summed E-state index contributed by atoms with van der Waals surface area (Å²) in [6, 6.07) is 12.9. The minimum absolute atomic E-state index is 0.264. The number of ether oxygens (including phenoxy) is 3. The minimum Gasteiger partial charge on any atom is -0.493 e. The molecule has 0 unspecified atom stereocenters. The van der Waals surface area contributed by atoms with Crippen LogP contribution in [-0.2, 0) is 4.79 Å². The molecule has 9 nitrogen and oxygen atoms in total. The summed E-state index contributed by atoms with van der Waals surface area (Å²) >= 11 is 0. The molecule has 0 bridgehead atoms. The van der Waals surface area contributed by atoms with Gasteiger partial charge in [0.2, 0.25) is 11.7 Å². The molecular formula is C27H33N5O4. The molecule has 2 N–H and O–H groups in total. The summed E-state index contributed by atoms with van der Waals surface area (Å²) < 4.78 is 16.0. The van der Waals surface area contributed by atoms with Gasteiger partial charge < -0.3 is 29.7 Å². The molecule has 0 saturated heterocycles. The predicted molar refractivity (Wildman–Crippen MR) is 144 cm³/mol. The van der Waals surface area contributed by atoms with Crippen molar-refractivity contribution in [2.75, 3.05) is 50.0 Å². The molecule has 1 heterocycles. The summed E-state index contributed by atoms with van der Waals surface area (Å²) in [5.41, 5.74) is 2.26. The van der Waals surface area contributed by atoms with E-state index in [0.717, 1.165) is 36.0 Å². The van der Waals surface area contributed by atoms with Gasteiger partial charge in [0.25, 0.3) is 0 Å². The zero-order valence-corrected chi connectivity index (χ0v) is 21.6. The Morgan fingerprint density at radius 2 is 1.53 bits per heavy atom. The van der Waals surface area contributed by atoms with Gasteiger partial charge in [-0.05, 0) is 68.8 Å². The van der Waals surface area contributed by atoms with Crippen LogP contribution < -0.4 is 29.7 Å². The molecule has 0 saturated carbocycles. The van der Waals surface area contributed by atoms with Crippen molar-refractivity contribution in [1.82, 2.24) is 9.97 Å². The Bertz CT molecular complexity index is 1180. The van der Waals surface area contributed by atoms with E-state index in [1.54, 1.807) is 39.5 Å². The van der Waals surface area contributed by atoms with Crippen molar-refractivity contribution in [2.24, 2.45) is 0 Å². The zero-order valence-electron chi connectivity index (χ0n) is 21.6. The number of aromatic nitrogens is 2. The Morgan fingerprint density at radius 1 is 0.917 bits per heavy atom. The highest BCUT2D eigenvalue weighted by atomic mass is 16.5. The highest BCUT2D eigenvalue weighted by Crippen LogP contribution is 2.38. The van der Waals surface area contributed by atoms with Gasteiger partial charge in [-0.1, -0.05) is 0 Å². The van der Waals surface area contributed by atoms with Crippen molar-refractivity contribution >= 4 is 35.0 Å². The molecule has 0 atom stereocenters. The molecule has 3 rings (SSSR count). The lowest BCUT2D eigenvalue weighted by Gasteiger charge is -2.20.